The summed E-state index contributed by atoms with van der Waals surface area (Å²) in [6, 6.07) is 9.88. The molecule has 25 heavy (non-hydrogen) atoms. The van der Waals surface area contributed by atoms with E-state index in [2.05, 4.69) is 53.6 Å². The number of amides is 1. The fourth-order valence-corrected chi connectivity index (χ4v) is 3.10. The number of benzene rings is 1. The van der Waals surface area contributed by atoms with Crippen molar-refractivity contribution in [1.82, 2.24) is 15.5 Å². The summed E-state index contributed by atoms with van der Waals surface area (Å²) in [4.78, 5) is 25.8. The van der Waals surface area contributed by atoms with Crippen molar-refractivity contribution in [2.75, 3.05) is 18.0 Å². The van der Waals surface area contributed by atoms with Crippen LogP contribution in [0.5, 0.6) is 0 Å². The van der Waals surface area contributed by atoms with Crippen LogP contribution in [0.2, 0.25) is 0 Å². The van der Waals surface area contributed by atoms with Crippen molar-refractivity contribution in [2.45, 2.75) is 32.7 Å². The molecule has 0 spiro atoms. The molecule has 2 N–H and O–H groups in total. The summed E-state index contributed by atoms with van der Waals surface area (Å²) in [5.74, 6) is 0.510. The molecule has 1 saturated heterocycles. The maximum atomic E-state index is 12.4. The van der Waals surface area contributed by atoms with Crippen molar-refractivity contribution in [3.05, 3.63) is 58.0 Å². The van der Waals surface area contributed by atoms with Crippen LogP contribution in [0.4, 0.5) is 5.69 Å². The molecule has 1 unspecified atom stereocenters. The van der Waals surface area contributed by atoms with Crippen molar-refractivity contribution in [1.29, 1.82) is 0 Å². The van der Waals surface area contributed by atoms with E-state index in [4.69, 9.17) is 0 Å². The van der Waals surface area contributed by atoms with Gasteiger partial charge < -0.3 is 10.2 Å². The summed E-state index contributed by atoms with van der Waals surface area (Å²) in [6.07, 6.45) is 2.41. The van der Waals surface area contributed by atoms with E-state index in [0.29, 0.717) is 19.0 Å². The number of carbonyl (C=O) groups is 1. The molecule has 0 saturated carbocycles. The lowest BCUT2D eigenvalue weighted by Crippen LogP contribution is -2.32. The van der Waals surface area contributed by atoms with Crippen molar-refractivity contribution < 1.29 is 4.79 Å². The predicted molar refractivity (Wildman–Crippen MR) is 97.6 cm³/mol. The van der Waals surface area contributed by atoms with Crippen LogP contribution in [0.1, 0.15) is 37.3 Å². The Balaban J connectivity index is 1.53. The predicted octanol–water partition coefficient (Wildman–Crippen LogP) is 2.04. The molecule has 1 atom stereocenters. The molecule has 0 radical (unpaired) electrons. The van der Waals surface area contributed by atoms with Gasteiger partial charge >= 0.3 is 0 Å². The Morgan fingerprint density at radius 2 is 2.12 bits per heavy atom. The van der Waals surface area contributed by atoms with E-state index in [1.807, 2.05) is 4.90 Å². The molecule has 6 nitrogen and oxygen atoms in total. The highest BCUT2D eigenvalue weighted by atomic mass is 16.2. The Labute approximate surface area is 147 Å². The number of aromatic nitrogens is 2. The van der Waals surface area contributed by atoms with E-state index in [-0.39, 0.29) is 17.4 Å². The minimum Gasteiger partial charge on any atom is -0.369 e. The molecule has 1 aromatic carbocycles. The van der Waals surface area contributed by atoms with Crippen molar-refractivity contribution in [2.24, 2.45) is 5.92 Å². The van der Waals surface area contributed by atoms with Crippen LogP contribution >= 0.6 is 0 Å². The highest BCUT2D eigenvalue weighted by molar-refractivity contribution is 5.80. The van der Waals surface area contributed by atoms with Gasteiger partial charge in [0.2, 0.25) is 5.91 Å². The zero-order chi connectivity index (χ0) is 17.8. The highest BCUT2D eigenvalue weighted by Crippen LogP contribution is 2.22. The lowest BCUT2D eigenvalue weighted by molar-refractivity contribution is -0.124. The number of H-pyrrole nitrogens is 1. The summed E-state index contributed by atoms with van der Waals surface area (Å²) < 4.78 is 0. The summed E-state index contributed by atoms with van der Waals surface area (Å²) in [7, 11) is 0. The molecule has 132 valence electrons. The van der Waals surface area contributed by atoms with Gasteiger partial charge in [-0.2, -0.15) is 5.10 Å². The van der Waals surface area contributed by atoms with Crippen molar-refractivity contribution in [3.63, 3.8) is 0 Å². The number of anilines is 1. The van der Waals surface area contributed by atoms with Crippen LogP contribution in [0.15, 0.2) is 41.3 Å². The smallest absolute Gasteiger partial charge is 0.266 e. The molecule has 2 heterocycles. The van der Waals surface area contributed by atoms with E-state index in [1.165, 1.54) is 11.6 Å². The molecule has 1 aliphatic rings. The summed E-state index contributed by atoms with van der Waals surface area (Å²) >= 11 is 0. The third kappa shape index (κ3) is 4.26. The molecule has 6 heteroatoms. The van der Waals surface area contributed by atoms with Gasteiger partial charge in [0.25, 0.3) is 5.56 Å². The van der Waals surface area contributed by atoms with Crippen LogP contribution in [0.3, 0.4) is 0 Å². The first kappa shape index (κ1) is 17.2. The van der Waals surface area contributed by atoms with E-state index < -0.39 is 0 Å². The molecular formula is C19H24N4O2. The van der Waals surface area contributed by atoms with E-state index >= 15 is 0 Å². The van der Waals surface area contributed by atoms with Gasteiger partial charge in [-0.1, -0.05) is 38.1 Å². The molecule has 1 fully saturated rings. The number of carbonyl (C=O) groups excluding carboxylic acids is 1. The normalized spacial score (nSPS) is 17.1. The number of rotatable bonds is 5. The summed E-state index contributed by atoms with van der Waals surface area (Å²) in [6.45, 7) is 6.24. The minimum atomic E-state index is -0.227. The van der Waals surface area contributed by atoms with Crippen molar-refractivity contribution in [3.8, 4) is 0 Å². The van der Waals surface area contributed by atoms with Crippen LogP contribution in [0, 0.1) is 5.92 Å². The first-order valence-corrected chi connectivity index (χ1v) is 8.69. The number of nitrogens with one attached hydrogen (secondary N) is 2. The Morgan fingerprint density at radius 1 is 1.36 bits per heavy atom. The fraction of sp³-hybridized carbons (Fsp3) is 0.421. The molecule has 1 aliphatic heterocycles. The van der Waals surface area contributed by atoms with Gasteiger partial charge in [0, 0.05) is 25.7 Å². The zero-order valence-electron chi connectivity index (χ0n) is 14.7. The SMILES string of the molecule is CC(C)c1ccc(CNC(=O)C2CCN(c3cn[nH]c(=O)c3)C2)cc1. The van der Waals surface area contributed by atoms with Gasteiger partial charge in [-0.15, -0.1) is 0 Å². The second kappa shape index (κ2) is 7.51. The van der Waals surface area contributed by atoms with Crippen LogP contribution in [-0.4, -0.2) is 29.2 Å². The average molecular weight is 340 g/mol. The molecule has 0 bridgehead atoms. The van der Waals surface area contributed by atoms with Crippen molar-refractivity contribution >= 4 is 11.6 Å². The molecule has 0 aliphatic carbocycles. The van der Waals surface area contributed by atoms with E-state index in [0.717, 1.165) is 24.2 Å². The van der Waals surface area contributed by atoms with Gasteiger partial charge in [-0.25, -0.2) is 5.10 Å². The number of hydrogen-bond acceptors (Lipinski definition) is 4. The maximum absolute atomic E-state index is 12.4. The standard InChI is InChI=1S/C19H24N4O2/c1-13(2)15-5-3-14(4-6-15)10-20-19(25)16-7-8-23(12-16)17-9-18(24)22-21-11-17/h3-6,9,11,13,16H,7-8,10,12H2,1-2H3,(H,20,25)(H,22,24). The van der Waals surface area contributed by atoms with Gasteiger partial charge in [-0.05, 0) is 23.5 Å². The maximum Gasteiger partial charge on any atom is 0.266 e. The Morgan fingerprint density at radius 3 is 2.80 bits per heavy atom. The average Bonchev–Trinajstić information content (AvgIpc) is 3.10. The number of hydrogen-bond donors (Lipinski definition) is 2. The molecular weight excluding hydrogens is 316 g/mol. The minimum absolute atomic E-state index is 0.0609. The second-order valence-corrected chi connectivity index (χ2v) is 6.85. The third-order valence-corrected chi connectivity index (χ3v) is 4.69. The first-order valence-electron chi connectivity index (χ1n) is 8.69. The summed E-state index contributed by atoms with van der Waals surface area (Å²) in [5.41, 5.74) is 2.94. The van der Waals surface area contributed by atoms with E-state index in [1.54, 1.807) is 6.20 Å². The molecule has 1 amide bonds. The topological polar surface area (TPSA) is 78.1 Å². The lowest BCUT2D eigenvalue weighted by Gasteiger charge is -2.17. The monoisotopic (exact) mass is 340 g/mol. The third-order valence-electron chi connectivity index (χ3n) is 4.69. The van der Waals surface area contributed by atoms with E-state index in [9.17, 15) is 9.59 Å². The number of nitrogens with zero attached hydrogens (tertiary/aromatic N) is 2. The van der Waals surface area contributed by atoms with Gasteiger partial charge in [-0.3, -0.25) is 9.59 Å². The van der Waals surface area contributed by atoms with Gasteiger partial charge in [0.15, 0.2) is 0 Å². The Kier molecular flexibility index (Phi) is 5.16. The van der Waals surface area contributed by atoms with Gasteiger partial charge in [0.1, 0.15) is 0 Å². The molecule has 1 aromatic heterocycles. The quantitative estimate of drug-likeness (QED) is 0.873. The van der Waals surface area contributed by atoms with Crippen LogP contribution in [-0.2, 0) is 11.3 Å². The Hall–Kier alpha value is -2.63. The van der Waals surface area contributed by atoms with Crippen LogP contribution in [0.25, 0.3) is 0 Å². The van der Waals surface area contributed by atoms with Crippen LogP contribution < -0.4 is 15.8 Å². The summed E-state index contributed by atoms with van der Waals surface area (Å²) in [5, 5.41) is 9.21. The molecule has 3 rings (SSSR count). The molecule has 2 aromatic rings. The number of aromatic amines is 1. The lowest BCUT2D eigenvalue weighted by atomic mass is 10.0. The largest absolute Gasteiger partial charge is 0.369 e. The Bertz CT molecular complexity index is 783. The fourth-order valence-electron chi connectivity index (χ4n) is 3.10. The first-order chi connectivity index (χ1) is 12.0. The highest BCUT2D eigenvalue weighted by Gasteiger charge is 2.28. The van der Waals surface area contributed by atoms with Gasteiger partial charge in [0.05, 0.1) is 17.8 Å². The second-order valence-electron chi connectivity index (χ2n) is 6.85. The zero-order valence-corrected chi connectivity index (χ0v) is 14.7.